The number of carbonyl (C=O) groups excluding carboxylic acids is 1. The fourth-order valence-electron chi connectivity index (χ4n) is 7.20. The topological polar surface area (TPSA) is 37.3 Å². The minimum Gasteiger partial charge on any atom is -0.393 e. The van der Waals surface area contributed by atoms with Gasteiger partial charge in [0.2, 0.25) is 0 Å². The number of aliphatic hydroxyl groups is 1. The van der Waals surface area contributed by atoms with Gasteiger partial charge in [0.1, 0.15) is 0 Å². The van der Waals surface area contributed by atoms with Crippen molar-refractivity contribution in [1.82, 2.24) is 0 Å². The highest BCUT2D eigenvalue weighted by Crippen LogP contribution is 2.64. The van der Waals surface area contributed by atoms with E-state index in [1.54, 1.807) is 0 Å². The van der Waals surface area contributed by atoms with E-state index in [1.807, 2.05) is 24.3 Å². The number of Topliss-reactive ketones (excluding diaryl/α,β-unsaturated/α-hetero) is 1. The molecule has 29 heavy (non-hydrogen) atoms. The summed E-state index contributed by atoms with van der Waals surface area (Å²) in [6.07, 6.45) is 11.3. The Morgan fingerprint density at radius 2 is 1.76 bits per heavy atom. The van der Waals surface area contributed by atoms with Gasteiger partial charge in [0, 0.05) is 10.4 Å². The standard InChI is InChI=1S/C26H31ClO2/c1-25-11-9-20(28)15-18(25)5-8-21-22(25)10-12-26(2)23(21)14-17(24(26)29)13-16-3-6-19(27)7-4-16/h3-7,13,20-23,28H,8-12,14-15H2,1-2H3/b17-13+/t20-,21-,22+,23+,25+,26+/m1/s1. The Hall–Kier alpha value is -1.38. The summed E-state index contributed by atoms with van der Waals surface area (Å²) in [5.74, 6) is 2.04. The number of fused-ring (bicyclic) bond motifs is 5. The second-order valence-corrected chi connectivity index (χ2v) is 10.8. The molecule has 2 nitrogen and oxygen atoms in total. The molecule has 0 amide bonds. The summed E-state index contributed by atoms with van der Waals surface area (Å²) in [4.78, 5) is 13.5. The van der Waals surface area contributed by atoms with Crippen molar-refractivity contribution in [3.05, 3.63) is 52.1 Å². The highest BCUT2D eigenvalue weighted by molar-refractivity contribution is 6.30. The number of allylic oxidation sites excluding steroid dienone is 2. The highest BCUT2D eigenvalue weighted by atomic mass is 35.5. The van der Waals surface area contributed by atoms with Crippen molar-refractivity contribution in [2.24, 2.45) is 28.6 Å². The second-order valence-electron chi connectivity index (χ2n) is 10.4. The molecule has 154 valence electrons. The van der Waals surface area contributed by atoms with Crippen LogP contribution in [-0.2, 0) is 4.79 Å². The number of rotatable bonds is 1. The zero-order valence-electron chi connectivity index (χ0n) is 17.5. The monoisotopic (exact) mass is 410 g/mol. The molecule has 0 heterocycles. The molecule has 3 fully saturated rings. The lowest BCUT2D eigenvalue weighted by atomic mass is 9.48. The van der Waals surface area contributed by atoms with Crippen molar-refractivity contribution in [2.45, 2.75) is 64.9 Å². The molecule has 0 saturated heterocycles. The van der Waals surface area contributed by atoms with Gasteiger partial charge in [-0.1, -0.05) is 49.2 Å². The van der Waals surface area contributed by atoms with Gasteiger partial charge in [-0.15, -0.1) is 0 Å². The Balaban J connectivity index is 1.47. The molecule has 0 aliphatic heterocycles. The third-order valence-electron chi connectivity index (χ3n) is 8.93. The molecular weight excluding hydrogens is 380 g/mol. The van der Waals surface area contributed by atoms with Crippen molar-refractivity contribution < 1.29 is 9.90 Å². The van der Waals surface area contributed by atoms with E-state index in [2.05, 4.69) is 26.0 Å². The number of hydrogen-bond donors (Lipinski definition) is 1. The summed E-state index contributed by atoms with van der Waals surface area (Å²) in [5.41, 5.74) is 3.56. The number of benzene rings is 1. The third-order valence-corrected chi connectivity index (χ3v) is 9.18. The van der Waals surface area contributed by atoms with Gasteiger partial charge < -0.3 is 5.11 Å². The van der Waals surface area contributed by atoms with Gasteiger partial charge >= 0.3 is 0 Å². The molecule has 0 aromatic heterocycles. The van der Waals surface area contributed by atoms with Crippen LogP contribution in [0.4, 0.5) is 0 Å². The zero-order valence-corrected chi connectivity index (χ0v) is 18.2. The number of halogens is 1. The van der Waals surface area contributed by atoms with E-state index < -0.39 is 0 Å². The van der Waals surface area contributed by atoms with Gasteiger partial charge in [-0.3, -0.25) is 4.79 Å². The summed E-state index contributed by atoms with van der Waals surface area (Å²) < 4.78 is 0. The number of hydrogen-bond acceptors (Lipinski definition) is 2. The van der Waals surface area contributed by atoms with Crippen molar-refractivity contribution in [1.29, 1.82) is 0 Å². The Labute approximate surface area is 179 Å². The number of carbonyl (C=O) groups is 1. The van der Waals surface area contributed by atoms with Gasteiger partial charge in [-0.05, 0) is 97.5 Å². The Kier molecular flexibility index (Phi) is 4.60. The predicted octanol–water partition coefficient (Wildman–Crippen LogP) is 6.23. The molecular formula is C26H31ClO2. The van der Waals surface area contributed by atoms with Crippen LogP contribution in [0.2, 0.25) is 5.02 Å². The lowest BCUT2D eigenvalue weighted by Crippen LogP contribution is -2.50. The molecule has 5 rings (SSSR count). The predicted molar refractivity (Wildman–Crippen MR) is 118 cm³/mol. The minimum atomic E-state index is -0.213. The first-order valence-electron chi connectivity index (χ1n) is 11.2. The first-order valence-corrected chi connectivity index (χ1v) is 11.6. The fourth-order valence-corrected chi connectivity index (χ4v) is 7.33. The summed E-state index contributed by atoms with van der Waals surface area (Å²) >= 11 is 6.02. The van der Waals surface area contributed by atoms with Crippen LogP contribution in [0.15, 0.2) is 41.5 Å². The van der Waals surface area contributed by atoms with E-state index in [9.17, 15) is 9.90 Å². The van der Waals surface area contributed by atoms with Crippen molar-refractivity contribution in [3.8, 4) is 0 Å². The smallest absolute Gasteiger partial charge is 0.165 e. The highest BCUT2D eigenvalue weighted by Gasteiger charge is 2.59. The molecule has 3 heteroatoms. The molecule has 4 aliphatic carbocycles. The third kappa shape index (κ3) is 2.98. The maximum absolute atomic E-state index is 13.5. The molecule has 0 spiro atoms. The molecule has 1 aromatic carbocycles. The molecule has 0 radical (unpaired) electrons. The van der Waals surface area contributed by atoms with Crippen LogP contribution < -0.4 is 0 Å². The minimum absolute atomic E-state index is 0.165. The first-order chi connectivity index (χ1) is 13.8. The number of aliphatic hydroxyl groups excluding tert-OH is 1. The molecule has 0 bridgehead atoms. The van der Waals surface area contributed by atoms with Gasteiger partial charge in [-0.2, -0.15) is 0 Å². The lowest BCUT2D eigenvalue weighted by Gasteiger charge is -2.56. The van der Waals surface area contributed by atoms with E-state index in [-0.39, 0.29) is 16.9 Å². The summed E-state index contributed by atoms with van der Waals surface area (Å²) in [7, 11) is 0. The van der Waals surface area contributed by atoms with Crippen molar-refractivity contribution in [3.63, 3.8) is 0 Å². The summed E-state index contributed by atoms with van der Waals surface area (Å²) in [6, 6.07) is 7.79. The van der Waals surface area contributed by atoms with Crippen LogP contribution in [-0.4, -0.2) is 17.0 Å². The van der Waals surface area contributed by atoms with Gasteiger partial charge in [-0.25, -0.2) is 0 Å². The maximum Gasteiger partial charge on any atom is 0.165 e. The van der Waals surface area contributed by atoms with Crippen molar-refractivity contribution >= 4 is 23.5 Å². The quantitative estimate of drug-likeness (QED) is 0.440. The molecule has 3 saturated carbocycles. The average Bonchev–Trinajstić information content (AvgIpc) is 2.95. The largest absolute Gasteiger partial charge is 0.393 e. The lowest BCUT2D eigenvalue weighted by molar-refractivity contribution is -0.130. The summed E-state index contributed by atoms with van der Waals surface area (Å²) in [6.45, 7) is 4.66. The molecule has 1 aromatic rings. The van der Waals surface area contributed by atoms with E-state index in [0.717, 1.165) is 61.1 Å². The van der Waals surface area contributed by atoms with E-state index in [1.165, 1.54) is 5.57 Å². The van der Waals surface area contributed by atoms with Crippen LogP contribution in [0, 0.1) is 28.6 Å². The van der Waals surface area contributed by atoms with Gasteiger partial charge in [0.05, 0.1) is 6.10 Å². The zero-order chi connectivity index (χ0) is 20.4. The molecule has 4 aliphatic rings. The number of ketones is 1. The molecule has 1 N–H and O–H groups in total. The van der Waals surface area contributed by atoms with E-state index in [0.29, 0.717) is 23.5 Å². The summed E-state index contributed by atoms with van der Waals surface area (Å²) in [5, 5.41) is 10.9. The van der Waals surface area contributed by atoms with Crippen molar-refractivity contribution in [2.75, 3.05) is 0 Å². The Morgan fingerprint density at radius 3 is 2.52 bits per heavy atom. The van der Waals surface area contributed by atoms with Gasteiger partial charge in [0.25, 0.3) is 0 Å². The van der Waals surface area contributed by atoms with Gasteiger partial charge in [0.15, 0.2) is 5.78 Å². The van der Waals surface area contributed by atoms with E-state index >= 15 is 0 Å². The average molecular weight is 411 g/mol. The Bertz CT molecular complexity index is 898. The van der Waals surface area contributed by atoms with Crippen LogP contribution in [0.3, 0.4) is 0 Å². The fraction of sp³-hybridized carbons (Fsp3) is 0.577. The Morgan fingerprint density at radius 1 is 1.03 bits per heavy atom. The van der Waals surface area contributed by atoms with Crippen LogP contribution in [0.5, 0.6) is 0 Å². The normalized spacial score (nSPS) is 42.8. The first kappa shape index (κ1) is 19.6. The van der Waals surface area contributed by atoms with Crippen LogP contribution in [0.25, 0.3) is 6.08 Å². The van der Waals surface area contributed by atoms with Crippen LogP contribution in [0.1, 0.15) is 64.4 Å². The molecule has 0 unspecified atom stereocenters. The molecule has 6 atom stereocenters. The maximum atomic E-state index is 13.5. The van der Waals surface area contributed by atoms with E-state index in [4.69, 9.17) is 11.6 Å². The van der Waals surface area contributed by atoms with Crippen LogP contribution >= 0.6 is 11.6 Å². The SMILES string of the molecule is C[C@]12CC[C@@H](O)CC1=CC[C@@H]1[C@@H]2CC[C@]2(C)C(=O)/C(=C/c3ccc(Cl)cc3)C[C@@H]12. The second kappa shape index (κ2) is 6.82.